The van der Waals surface area contributed by atoms with Crippen LogP contribution in [0.4, 0.5) is 0 Å². The van der Waals surface area contributed by atoms with Crippen LogP contribution >= 0.6 is 11.3 Å². The van der Waals surface area contributed by atoms with Gasteiger partial charge in [0.25, 0.3) is 5.91 Å². The highest BCUT2D eigenvalue weighted by Gasteiger charge is 2.15. The van der Waals surface area contributed by atoms with Crippen molar-refractivity contribution in [3.05, 3.63) is 50.8 Å². The molecule has 6 nitrogen and oxygen atoms in total. The summed E-state index contributed by atoms with van der Waals surface area (Å²) in [4.78, 5) is 41.5. The van der Waals surface area contributed by atoms with Crippen LogP contribution in [0.15, 0.2) is 29.3 Å². The summed E-state index contributed by atoms with van der Waals surface area (Å²) >= 11 is 1.24. The second-order valence-electron chi connectivity index (χ2n) is 6.55. The molecule has 150 valence electrons. The maximum Gasteiger partial charge on any atom is 0.337 e. The highest BCUT2D eigenvalue weighted by Crippen LogP contribution is 2.15. The van der Waals surface area contributed by atoms with Gasteiger partial charge in [-0.05, 0) is 37.6 Å². The van der Waals surface area contributed by atoms with E-state index in [4.69, 9.17) is 0 Å². The second kappa shape index (κ2) is 10.1. The van der Waals surface area contributed by atoms with Gasteiger partial charge in [0, 0.05) is 24.7 Å². The zero-order valence-corrected chi connectivity index (χ0v) is 17.6. The topological polar surface area (TPSA) is 77.7 Å². The fraction of sp³-hybridized carbons (Fsp3) is 0.429. The first-order valence-electron chi connectivity index (χ1n) is 9.37. The first-order chi connectivity index (χ1) is 13.4. The Balaban J connectivity index is 2.34. The monoisotopic (exact) mass is 402 g/mol. The van der Waals surface area contributed by atoms with E-state index in [1.54, 1.807) is 12.1 Å². The number of amides is 1. The second-order valence-corrected chi connectivity index (χ2v) is 7.53. The lowest BCUT2D eigenvalue weighted by Gasteiger charge is -2.06. The molecule has 0 saturated carbocycles. The van der Waals surface area contributed by atoms with E-state index >= 15 is 0 Å². The van der Waals surface area contributed by atoms with Gasteiger partial charge in [-0.25, -0.2) is 4.79 Å². The van der Waals surface area contributed by atoms with Crippen LogP contribution in [-0.4, -0.2) is 29.3 Å². The molecule has 7 heteroatoms. The number of carbonyl (C=O) groups excluding carboxylic acids is 3. The van der Waals surface area contributed by atoms with Gasteiger partial charge in [0.15, 0.2) is 10.6 Å². The maximum absolute atomic E-state index is 12.6. The normalized spacial score (nSPS) is 11.5. The highest BCUT2D eigenvalue weighted by atomic mass is 32.1. The minimum Gasteiger partial charge on any atom is -0.465 e. The Morgan fingerprint density at radius 1 is 1.07 bits per heavy atom. The average Bonchev–Trinajstić information content (AvgIpc) is 3.00. The molecule has 2 rings (SSSR count). The van der Waals surface area contributed by atoms with Gasteiger partial charge >= 0.3 is 5.97 Å². The SMILES string of the molecule is CCCCCCn1c(C)c(C(C)=O)sc1=NC(=O)c1ccc(C(=O)OC)cc1. The number of hydrogen-bond donors (Lipinski definition) is 0. The number of aromatic nitrogens is 1. The molecule has 28 heavy (non-hydrogen) atoms. The van der Waals surface area contributed by atoms with Gasteiger partial charge in [-0.1, -0.05) is 37.5 Å². The van der Waals surface area contributed by atoms with Crippen LogP contribution in [-0.2, 0) is 11.3 Å². The molecule has 0 aliphatic carbocycles. The number of nitrogens with zero attached hydrogens (tertiary/aromatic N) is 2. The van der Waals surface area contributed by atoms with Crippen molar-refractivity contribution in [2.45, 2.75) is 53.0 Å². The molecule has 1 heterocycles. The van der Waals surface area contributed by atoms with Crippen LogP contribution < -0.4 is 4.80 Å². The van der Waals surface area contributed by atoms with E-state index in [1.165, 1.54) is 37.5 Å². The Morgan fingerprint density at radius 3 is 2.29 bits per heavy atom. The van der Waals surface area contributed by atoms with Crippen LogP contribution in [0.5, 0.6) is 0 Å². The number of Topliss-reactive ketones (excluding diaryl/α,β-unsaturated/α-hetero) is 1. The number of hydrogen-bond acceptors (Lipinski definition) is 5. The van der Waals surface area contributed by atoms with Crippen LogP contribution in [0.3, 0.4) is 0 Å². The Hall–Kier alpha value is -2.54. The average molecular weight is 403 g/mol. The number of thiazole rings is 1. The molecule has 1 aromatic carbocycles. The molecule has 0 spiro atoms. The standard InChI is InChI=1S/C21H26N2O4S/c1-5-6-7-8-13-23-14(2)18(15(3)24)28-21(23)22-19(25)16-9-11-17(12-10-16)20(26)27-4/h9-12H,5-8,13H2,1-4H3. The number of esters is 1. The van der Waals surface area contributed by atoms with Crippen molar-refractivity contribution >= 4 is 29.0 Å². The molecular formula is C21H26N2O4S. The van der Waals surface area contributed by atoms with Crippen molar-refractivity contribution in [3.63, 3.8) is 0 Å². The molecule has 0 atom stereocenters. The summed E-state index contributed by atoms with van der Waals surface area (Å²) < 4.78 is 6.62. The third-order valence-corrected chi connectivity index (χ3v) is 5.74. The lowest BCUT2D eigenvalue weighted by molar-refractivity contribution is 0.0600. The Kier molecular flexibility index (Phi) is 7.87. The van der Waals surface area contributed by atoms with Gasteiger partial charge in [0.2, 0.25) is 0 Å². The van der Waals surface area contributed by atoms with Gasteiger partial charge < -0.3 is 9.30 Å². The first-order valence-corrected chi connectivity index (χ1v) is 10.2. The Labute approximate surface area is 168 Å². The predicted octanol–water partition coefficient (Wildman–Crippen LogP) is 4.17. The molecule has 0 N–H and O–H groups in total. The lowest BCUT2D eigenvalue weighted by atomic mass is 10.1. The molecule has 0 fully saturated rings. The first kappa shape index (κ1) is 21.8. The zero-order valence-electron chi connectivity index (χ0n) is 16.8. The molecule has 0 unspecified atom stereocenters. The lowest BCUT2D eigenvalue weighted by Crippen LogP contribution is -2.18. The minimum atomic E-state index is -0.458. The van der Waals surface area contributed by atoms with Gasteiger partial charge in [-0.3, -0.25) is 9.59 Å². The number of unbranched alkanes of at least 4 members (excludes halogenated alkanes) is 3. The third kappa shape index (κ3) is 5.25. The molecule has 0 aliphatic heterocycles. The molecule has 1 aromatic heterocycles. The van der Waals surface area contributed by atoms with Gasteiger partial charge in [0.05, 0.1) is 17.6 Å². The number of benzene rings is 1. The fourth-order valence-electron chi connectivity index (χ4n) is 2.87. The molecule has 1 amide bonds. The van der Waals surface area contributed by atoms with Gasteiger partial charge in [0.1, 0.15) is 0 Å². The van der Waals surface area contributed by atoms with Crippen molar-refractivity contribution in [1.82, 2.24) is 4.57 Å². The van der Waals surface area contributed by atoms with Crippen LogP contribution in [0, 0.1) is 6.92 Å². The summed E-state index contributed by atoms with van der Waals surface area (Å²) in [6.07, 6.45) is 4.36. The summed E-state index contributed by atoms with van der Waals surface area (Å²) in [7, 11) is 1.31. The van der Waals surface area contributed by atoms with Crippen molar-refractivity contribution < 1.29 is 19.1 Å². The smallest absolute Gasteiger partial charge is 0.337 e. The third-order valence-electron chi connectivity index (χ3n) is 4.46. The molecule has 2 aromatic rings. The number of ether oxygens (including phenoxy) is 1. The van der Waals surface area contributed by atoms with E-state index in [0.717, 1.165) is 37.9 Å². The summed E-state index contributed by atoms with van der Waals surface area (Å²) in [6.45, 7) is 6.30. The van der Waals surface area contributed by atoms with Crippen molar-refractivity contribution in [3.8, 4) is 0 Å². The van der Waals surface area contributed by atoms with Gasteiger partial charge in [-0.15, -0.1) is 0 Å². The Morgan fingerprint density at radius 2 is 1.71 bits per heavy atom. The van der Waals surface area contributed by atoms with E-state index in [2.05, 4.69) is 16.7 Å². The zero-order chi connectivity index (χ0) is 20.7. The maximum atomic E-state index is 12.6. The van der Waals surface area contributed by atoms with E-state index in [-0.39, 0.29) is 5.78 Å². The minimum absolute atomic E-state index is 0.0267. The number of carbonyl (C=O) groups is 3. The van der Waals surface area contributed by atoms with E-state index in [9.17, 15) is 14.4 Å². The largest absolute Gasteiger partial charge is 0.465 e. The molecular weight excluding hydrogens is 376 g/mol. The van der Waals surface area contributed by atoms with E-state index in [1.807, 2.05) is 11.5 Å². The van der Waals surface area contributed by atoms with Crippen molar-refractivity contribution in [1.29, 1.82) is 0 Å². The predicted molar refractivity (Wildman–Crippen MR) is 109 cm³/mol. The van der Waals surface area contributed by atoms with E-state index < -0.39 is 11.9 Å². The molecule has 0 aliphatic rings. The summed E-state index contributed by atoms with van der Waals surface area (Å²) in [6, 6.07) is 6.17. The summed E-state index contributed by atoms with van der Waals surface area (Å²) in [5, 5.41) is 0. The highest BCUT2D eigenvalue weighted by molar-refractivity contribution is 7.11. The number of methoxy groups -OCH3 is 1. The Bertz CT molecular complexity index is 923. The van der Waals surface area contributed by atoms with Crippen molar-refractivity contribution in [2.75, 3.05) is 7.11 Å². The molecule has 0 bridgehead atoms. The van der Waals surface area contributed by atoms with Gasteiger partial charge in [-0.2, -0.15) is 4.99 Å². The summed E-state index contributed by atoms with van der Waals surface area (Å²) in [5.41, 5.74) is 1.60. The quantitative estimate of drug-likeness (QED) is 0.377. The summed E-state index contributed by atoms with van der Waals surface area (Å²) in [5.74, 6) is -0.892. The fourth-order valence-corrected chi connectivity index (χ4v) is 3.93. The van der Waals surface area contributed by atoms with E-state index in [0.29, 0.717) is 20.8 Å². The van der Waals surface area contributed by atoms with Crippen molar-refractivity contribution in [2.24, 2.45) is 4.99 Å². The number of ketones is 1. The van der Waals surface area contributed by atoms with Crippen LogP contribution in [0.2, 0.25) is 0 Å². The van der Waals surface area contributed by atoms with Crippen LogP contribution in [0.1, 0.15) is 75.6 Å². The molecule has 0 radical (unpaired) electrons. The molecule has 0 saturated heterocycles. The van der Waals surface area contributed by atoms with Crippen LogP contribution in [0.25, 0.3) is 0 Å². The number of rotatable bonds is 8.